The molecule has 1 atom stereocenters. The summed E-state index contributed by atoms with van der Waals surface area (Å²) in [4.78, 5) is 19.0. The van der Waals surface area contributed by atoms with E-state index in [0.717, 1.165) is 52.7 Å². The van der Waals surface area contributed by atoms with Crippen LogP contribution >= 0.6 is 43.5 Å². The maximum atomic E-state index is 12.1. The molecule has 3 nitrogen and oxygen atoms in total. The van der Waals surface area contributed by atoms with Gasteiger partial charge in [0.15, 0.2) is 0 Å². The van der Waals surface area contributed by atoms with Crippen molar-refractivity contribution in [2.24, 2.45) is 5.92 Å². The van der Waals surface area contributed by atoms with Crippen LogP contribution in [0.1, 0.15) is 54.5 Å². The third-order valence-corrected chi connectivity index (χ3v) is 7.39. The Bertz CT molecular complexity index is 910. The van der Waals surface area contributed by atoms with Gasteiger partial charge in [0.2, 0.25) is 5.91 Å². The first-order valence-electron chi connectivity index (χ1n) is 9.87. The van der Waals surface area contributed by atoms with Gasteiger partial charge in [-0.3, -0.25) is 9.78 Å². The zero-order valence-corrected chi connectivity index (χ0v) is 19.8. The normalized spacial score (nSPS) is 19.7. The molecule has 1 amide bonds. The number of aryl methyl sites for hydroxylation is 2. The third-order valence-electron chi connectivity index (χ3n) is 6.08. The third kappa shape index (κ3) is 3.90. The number of piperidine rings is 1. The van der Waals surface area contributed by atoms with Crippen molar-refractivity contribution < 1.29 is 4.79 Å². The summed E-state index contributed by atoms with van der Waals surface area (Å²) >= 11 is 13.8. The van der Waals surface area contributed by atoms with Gasteiger partial charge in [-0.2, -0.15) is 0 Å². The first kappa shape index (κ1) is 20.4. The number of rotatable bonds is 2. The van der Waals surface area contributed by atoms with Crippen molar-refractivity contribution in [2.75, 3.05) is 13.1 Å². The van der Waals surface area contributed by atoms with Crippen molar-refractivity contribution in [3.05, 3.63) is 60.7 Å². The number of aromatic nitrogens is 1. The molecule has 1 aliphatic heterocycles. The van der Waals surface area contributed by atoms with Crippen molar-refractivity contribution >= 4 is 49.4 Å². The van der Waals surface area contributed by atoms with Crippen LogP contribution in [-0.4, -0.2) is 28.9 Å². The highest BCUT2D eigenvalue weighted by Crippen LogP contribution is 2.46. The van der Waals surface area contributed by atoms with Gasteiger partial charge in [0, 0.05) is 45.6 Å². The Kier molecular flexibility index (Phi) is 6.15. The molecule has 0 saturated carbocycles. The average Bonchev–Trinajstić information content (AvgIpc) is 2.84. The standard InChI is InChI=1S/C22H23Br2ClN2O/c1-2-19(28)27-7-5-13(6-8-27)21-20-14(10-17(25)11-18(20)24)3-4-15-9-16(23)12-26-22(15)21/h9-13,21H,2-8H2,1H3/t21-/m1/s1. The van der Waals surface area contributed by atoms with Gasteiger partial charge < -0.3 is 4.90 Å². The predicted molar refractivity (Wildman–Crippen MR) is 120 cm³/mol. The van der Waals surface area contributed by atoms with Crippen LogP contribution in [0.3, 0.4) is 0 Å². The molecule has 1 aromatic heterocycles. The number of benzene rings is 1. The smallest absolute Gasteiger partial charge is 0.222 e. The van der Waals surface area contributed by atoms with Gasteiger partial charge in [0.25, 0.3) is 0 Å². The molecule has 1 saturated heterocycles. The second kappa shape index (κ2) is 8.45. The molecule has 1 aromatic carbocycles. The second-order valence-electron chi connectivity index (χ2n) is 7.71. The Hall–Kier alpha value is -0.910. The number of amides is 1. The Labute approximate surface area is 188 Å². The SMILES string of the molecule is CCC(=O)N1CCC([C@H]2c3ncc(Br)cc3CCc3cc(Cl)cc(Br)c32)CC1. The van der Waals surface area contributed by atoms with Crippen LogP contribution in [0.25, 0.3) is 0 Å². The zero-order valence-electron chi connectivity index (χ0n) is 15.9. The molecule has 148 valence electrons. The van der Waals surface area contributed by atoms with Gasteiger partial charge in [-0.05, 0) is 82.4 Å². The molecule has 1 aliphatic carbocycles. The largest absolute Gasteiger partial charge is 0.343 e. The van der Waals surface area contributed by atoms with Crippen molar-refractivity contribution in [1.82, 2.24) is 9.88 Å². The Balaban J connectivity index is 1.76. The molecular weight excluding hydrogens is 504 g/mol. The Morgan fingerprint density at radius 3 is 2.61 bits per heavy atom. The minimum absolute atomic E-state index is 0.228. The van der Waals surface area contributed by atoms with Crippen LogP contribution in [0.4, 0.5) is 0 Å². The molecule has 0 bridgehead atoms. The summed E-state index contributed by atoms with van der Waals surface area (Å²) < 4.78 is 2.10. The highest BCUT2D eigenvalue weighted by atomic mass is 79.9. The topological polar surface area (TPSA) is 33.2 Å². The number of pyridine rings is 1. The fourth-order valence-electron chi connectivity index (χ4n) is 4.74. The predicted octanol–water partition coefficient (Wildman–Crippen LogP) is 6.14. The summed E-state index contributed by atoms with van der Waals surface area (Å²) in [6.45, 7) is 3.61. The monoisotopic (exact) mass is 524 g/mol. The van der Waals surface area contributed by atoms with Gasteiger partial charge in [0.1, 0.15) is 0 Å². The van der Waals surface area contributed by atoms with Crippen LogP contribution in [0, 0.1) is 5.92 Å². The number of hydrogen-bond acceptors (Lipinski definition) is 2. The number of hydrogen-bond donors (Lipinski definition) is 0. The number of nitrogens with zero attached hydrogens (tertiary/aromatic N) is 2. The van der Waals surface area contributed by atoms with Crippen LogP contribution in [0.5, 0.6) is 0 Å². The van der Waals surface area contributed by atoms with Gasteiger partial charge in [0.05, 0.1) is 5.69 Å². The Morgan fingerprint density at radius 1 is 1.18 bits per heavy atom. The van der Waals surface area contributed by atoms with E-state index in [9.17, 15) is 4.79 Å². The number of carbonyl (C=O) groups excluding carboxylic acids is 1. The van der Waals surface area contributed by atoms with Crippen molar-refractivity contribution in [2.45, 2.75) is 44.9 Å². The van der Waals surface area contributed by atoms with Crippen LogP contribution < -0.4 is 0 Å². The van der Waals surface area contributed by atoms with Gasteiger partial charge in [-0.1, -0.05) is 34.5 Å². The molecule has 0 N–H and O–H groups in total. The highest BCUT2D eigenvalue weighted by molar-refractivity contribution is 9.10. The highest BCUT2D eigenvalue weighted by Gasteiger charge is 2.36. The van der Waals surface area contributed by atoms with Crippen molar-refractivity contribution in [3.8, 4) is 0 Å². The lowest BCUT2D eigenvalue weighted by Crippen LogP contribution is -2.39. The summed E-state index contributed by atoms with van der Waals surface area (Å²) in [5.41, 5.74) is 5.14. The minimum Gasteiger partial charge on any atom is -0.343 e. The van der Waals surface area contributed by atoms with E-state index in [-0.39, 0.29) is 11.8 Å². The quantitative estimate of drug-likeness (QED) is 0.471. The van der Waals surface area contributed by atoms with E-state index in [0.29, 0.717) is 12.3 Å². The fraction of sp³-hybridized carbons (Fsp3) is 0.455. The molecule has 2 heterocycles. The Morgan fingerprint density at radius 2 is 1.89 bits per heavy atom. The minimum atomic E-state index is 0.228. The molecule has 1 fully saturated rings. The molecule has 28 heavy (non-hydrogen) atoms. The zero-order chi connectivity index (χ0) is 19.8. The van der Waals surface area contributed by atoms with E-state index in [1.807, 2.05) is 24.1 Å². The van der Waals surface area contributed by atoms with Gasteiger partial charge in [-0.25, -0.2) is 0 Å². The van der Waals surface area contributed by atoms with E-state index in [1.165, 1.54) is 22.4 Å². The van der Waals surface area contributed by atoms with E-state index < -0.39 is 0 Å². The molecule has 0 radical (unpaired) electrons. The number of fused-ring (bicyclic) bond motifs is 2. The molecular formula is C22H23Br2ClN2O. The average molecular weight is 527 g/mol. The molecule has 0 unspecified atom stereocenters. The molecule has 2 aromatic rings. The summed E-state index contributed by atoms with van der Waals surface area (Å²) in [7, 11) is 0. The summed E-state index contributed by atoms with van der Waals surface area (Å²) in [5.74, 6) is 0.948. The summed E-state index contributed by atoms with van der Waals surface area (Å²) in [6, 6.07) is 6.34. The number of likely N-dealkylation sites (tertiary alicyclic amines) is 1. The maximum absolute atomic E-state index is 12.1. The van der Waals surface area contributed by atoms with Gasteiger partial charge >= 0.3 is 0 Å². The van der Waals surface area contributed by atoms with E-state index in [4.69, 9.17) is 16.6 Å². The van der Waals surface area contributed by atoms with Crippen molar-refractivity contribution in [1.29, 1.82) is 0 Å². The molecule has 6 heteroatoms. The van der Waals surface area contributed by atoms with Crippen LogP contribution in [0.2, 0.25) is 5.02 Å². The first-order chi connectivity index (χ1) is 13.5. The van der Waals surface area contributed by atoms with Crippen molar-refractivity contribution in [3.63, 3.8) is 0 Å². The lowest BCUT2D eigenvalue weighted by Gasteiger charge is -2.37. The maximum Gasteiger partial charge on any atom is 0.222 e. The molecule has 0 spiro atoms. The van der Waals surface area contributed by atoms with E-state index in [1.54, 1.807) is 0 Å². The van der Waals surface area contributed by atoms with E-state index >= 15 is 0 Å². The van der Waals surface area contributed by atoms with Gasteiger partial charge in [-0.15, -0.1) is 0 Å². The van der Waals surface area contributed by atoms with Crippen LogP contribution in [-0.2, 0) is 17.6 Å². The van der Waals surface area contributed by atoms with Crippen LogP contribution in [0.15, 0.2) is 33.3 Å². The number of carbonyl (C=O) groups is 1. The fourth-order valence-corrected chi connectivity index (χ4v) is 6.24. The summed E-state index contributed by atoms with van der Waals surface area (Å²) in [5, 5.41) is 0.771. The molecule has 4 rings (SSSR count). The summed E-state index contributed by atoms with van der Waals surface area (Å²) in [6.07, 6.45) is 6.43. The first-order valence-corrected chi connectivity index (χ1v) is 11.8. The molecule has 2 aliphatic rings. The second-order valence-corrected chi connectivity index (χ2v) is 9.91. The number of halogens is 3. The lowest BCUT2D eigenvalue weighted by atomic mass is 9.76. The lowest BCUT2D eigenvalue weighted by molar-refractivity contribution is -0.132. The van der Waals surface area contributed by atoms with E-state index in [2.05, 4.69) is 44.0 Å².